The molecule has 0 saturated carbocycles. The summed E-state index contributed by atoms with van der Waals surface area (Å²) >= 11 is 5.99. The van der Waals surface area contributed by atoms with E-state index in [-0.39, 0.29) is 0 Å². The van der Waals surface area contributed by atoms with Gasteiger partial charge in [-0.25, -0.2) is 4.79 Å². The Kier molecular flexibility index (Phi) is 4.51. The topological polar surface area (TPSA) is 106 Å². The molecule has 8 nitrogen and oxygen atoms in total. The number of nitrogens with zero attached hydrogens (tertiary/aromatic N) is 5. The van der Waals surface area contributed by atoms with Crippen LogP contribution in [-0.4, -0.2) is 33.3 Å². The van der Waals surface area contributed by atoms with Crippen LogP contribution in [0.2, 0.25) is 5.02 Å². The van der Waals surface area contributed by atoms with Crippen molar-refractivity contribution in [2.75, 3.05) is 12.4 Å². The third-order valence-electron chi connectivity index (χ3n) is 4.42. The van der Waals surface area contributed by atoms with Gasteiger partial charge in [-0.05, 0) is 45.8 Å². The maximum Gasteiger partial charge on any atom is 0.337 e. The van der Waals surface area contributed by atoms with Gasteiger partial charge >= 0.3 is 5.97 Å². The van der Waals surface area contributed by atoms with E-state index >= 15 is 0 Å². The molecule has 2 aromatic carbocycles. The standard InChI is InChI=1S/C19H13ClN6O2/c1-28-18(27)13-4-2-12(3-5-13)17-15(10-21)16(11-6-8-14(20)9-7-11)22-19-23-24-25-26(17)19/h2-9,17H,1H3,(H,22,23,25)/t17-/m0/s1. The molecule has 28 heavy (non-hydrogen) atoms. The molecule has 1 aliphatic rings. The predicted molar refractivity (Wildman–Crippen MR) is 101 cm³/mol. The van der Waals surface area contributed by atoms with Crippen molar-refractivity contribution in [3.8, 4) is 6.07 Å². The van der Waals surface area contributed by atoms with Gasteiger partial charge in [0.2, 0.25) is 5.95 Å². The number of allylic oxidation sites excluding steroid dienone is 1. The maximum atomic E-state index is 11.7. The summed E-state index contributed by atoms with van der Waals surface area (Å²) in [6.07, 6.45) is 0. The third kappa shape index (κ3) is 2.98. The van der Waals surface area contributed by atoms with Gasteiger partial charge in [0, 0.05) is 5.02 Å². The Morgan fingerprint density at radius 2 is 1.93 bits per heavy atom. The molecule has 0 bridgehead atoms. The van der Waals surface area contributed by atoms with Crippen molar-refractivity contribution in [1.29, 1.82) is 5.26 Å². The number of nitrogens with one attached hydrogen (secondary N) is 1. The van der Waals surface area contributed by atoms with Gasteiger partial charge in [0.1, 0.15) is 6.04 Å². The molecule has 0 saturated heterocycles. The molecular formula is C19H13ClN6O2. The first-order chi connectivity index (χ1) is 13.6. The molecule has 0 unspecified atom stereocenters. The molecule has 0 amide bonds. The number of tetrazole rings is 1. The Morgan fingerprint density at radius 1 is 1.21 bits per heavy atom. The van der Waals surface area contributed by atoms with Crippen molar-refractivity contribution in [1.82, 2.24) is 20.2 Å². The number of rotatable bonds is 3. The van der Waals surface area contributed by atoms with Crippen LogP contribution in [0.1, 0.15) is 27.5 Å². The highest BCUT2D eigenvalue weighted by atomic mass is 35.5. The van der Waals surface area contributed by atoms with Crippen molar-refractivity contribution in [3.63, 3.8) is 0 Å². The second kappa shape index (κ2) is 7.13. The summed E-state index contributed by atoms with van der Waals surface area (Å²) in [6, 6.07) is 15.7. The number of carbonyl (C=O) groups is 1. The number of esters is 1. The molecule has 9 heteroatoms. The summed E-state index contributed by atoms with van der Waals surface area (Å²) in [5, 5.41) is 25.4. The summed E-state index contributed by atoms with van der Waals surface area (Å²) < 4.78 is 6.27. The number of ether oxygens (including phenoxy) is 1. The highest BCUT2D eigenvalue weighted by Crippen LogP contribution is 2.37. The number of anilines is 1. The van der Waals surface area contributed by atoms with E-state index in [2.05, 4.69) is 26.9 Å². The SMILES string of the molecule is COC(=O)c1ccc([C@H]2C(C#N)=C(c3ccc(Cl)cc3)Nc3nnnn32)cc1. The summed E-state index contributed by atoms with van der Waals surface area (Å²) in [5.74, 6) is -0.0242. The smallest absolute Gasteiger partial charge is 0.337 e. The number of methoxy groups -OCH3 is 1. The molecule has 1 aromatic heterocycles. The van der Waals surface area contributed by atoms with Crippen LogP contribution < -0.4 is 5.32 Å². The zero-order valence-corrected chi connectivity index (χ0v) is 15.4. The van der Waals surface area contributed by atoms with E-state index in [0.717, 1.165) is 11.1 Å². The van der Waals surface area contributed by atoms with Crippen LogP contribution in [0.4, 0.5) is 5.95 Å². The van der Waals surface area contributed by atoms with Gasteiger partial charge in [0.05, 0.1) is 30.0 Å². The molecule has 1 aliphatic heterocycles. The van der Waals surface area contributed by atoms with Crippen LogP contribution in [0.15, 0.2) is 54.1 Å². The average Bonchev–Trinajstić information content (AvgIpc) is 3.20. The Hall–Kier alpha value is -3.70. The number of nitriles is 1. The zero-order valence-electron chi connectivity index (χ0n) is 14.6. The Bertz CT molecular complexity index is 1110. The minimum atomic E-state index is -0.548. The quantitative estimate of drug-likeness (QED) is 0.682. The number of hydrogen-bond acceptors (Lipinski definition) is 7. The van der Waals surface area contributed by atoms with Gasteiger partial charge in [0.15, 0.2) is 0 Å². The first-order valence-electron chi connectivity index (χ1n) is 8.25. The van der Waals surface area contributed by atoms with Crippen molar-refractivity contribution in [2.45, 2.75) is 6.04 Å². The molecule has 1 N–H and O–H groups in total. The zero-order chi connectivity index (χ0) is 19.7. The molecular weight excluding hydrogens is 380 g/mol. The van der Waals surface area contributed by atoms with Crippen LogP contribution in [0.25, 0.3) is 5.70 Å². The number of halogens is 1. The van der Waals surface area contributed by atoms with E-state index in [1.165, 1.54) is 11.8 Å². The second-order valence-corrected chi connectivity index (χ2v) is 6.43. The Balaban J connectivity index is 1.85. The van der Waals surface area contributed by atoms with Gasteiger partial charge in [-0.2, -0.15) is 9.94 Å². The van der Waals surface area contributed by atoms with Crippen LogP contribution in [-0.2, 0) is 4.74 Å². The lowest BCUT2D eigenvalue weighted by Crippen LogP contribution is -2.24. The minimum absolute atomic E-state index is 0.408. The van der Waals surface area contributed by atoms with Gasteiger partial charge < -0.3 is 10.1 Å². The van der Waals surface area contributed by atoms with Crippen molar-refractivity contribution in [2.24, 2.45) is 0 Å². The van der Waals surface area contributed by atoms with Crippen molar-refractivity contribution >= 4 is 29.2 Å². The number of carbonyl (C=O) groups excluding carboxylic acids is 1. The van der Waals surface area contributed by atoms with E-state index in [1.807, 2.05) is 12.1 Å². The van der Waals surface area contributed by atoms with Crippen LogP contribution in [0.5, 0.6) is 0 Å². The highest BCUT2D eigenvalue weighted by molar-refractivity contribution is 6.30. The fourth-order valence-electron chi connectivity index (χ4n) is 3.08. The van der Waals surface area contributed by atoms with Crippen LogP contribution >= 0.6 is 11.6 Å². The normalized spacial score (nSPS) is 15.4. The highest BCUT2D eigenvalue weighted by Gasteiger charge is 2.32. The largest absolute Gasteiger partial charge is 0.465 e. The fourth-order valence-corrected chi connectivity index (χ4v) is 3.20. The average molecular weight is 393 g/mol. The van der Waals surface area contributed by atoms with E-state index in [9.17, 15) is 10.1 Å². The second-order valence-electron chi connectivity index (χ2n) is 6.00. The monoisotopic (exact) mass is 392 g/mol. The fraction of sp³-hybridized carbons (Fsp3) is 0.105. The molecule has 2 heterocycles. The molecule has 3 aromatic rings. The molecule has 0 spiro atoms. The first-order valence-corrected chi connectivity index (χ1v) is 8.63. The lowest BCUT2D eigenvalue weighted by Gasteiger charge is -2.26. The van der Waals surface area contributed by atoms with Gasteiger partial charge in [-0.3, -0.25) is 0 Å². The summed E-state index contributed by atoms with van der Waals surface area (Å²) in [5.41, 5.74) is 2.99. The lowest BCUT2D eigenvalue weighted by atomic mass is 9.93. The molecule has 0 radical (unpaired) electrons. The predicted octanol–water partition coefficient (Wildman–Crippen LogP) is 3.06. The van der Waals surface area contributed by atoms with E-state index < -0.39 is 12.0 Å². The van der Waals surface area contributed by atoms with Crippen LogP contribution in [0, 0.1) is 11.3 Å². The molecule has 1 atom stereocenters. The molecule has 0 fully saturated rings. The number of benzene rings is 2. The van der Waals surface area contributed by atoms with E-state index in [1.54, 1.807) is 36.4 Å². The van der Waals surface area contributed by atoms with Crippen LogP contribution in [0.3, 0.4) is 0 Å². The Labute approximate surface area is 165 Å². The number of hydrogen-bond donors (Lipinski definition) is 1. The first kappa shape index (κ1) is 17.7. The maximum absolute atomic E-state index is 11.7. The summed E-state index contributed by atoms with van der Waals surface area (Å²) in [7, 11) is 1.32. The number of aromatic nitrogens is 4. The summed E-state index contributed by atoms with van der Waals surface area (Å²) in [4.78, 5) is 11.7. The lowest BCUT2D eigenvalue weighted by molar-refractivity contribution is 0.0600. The summed E-state index contributed by atoms with van der Waals surface area (Å²) in [6.45, 7) is 0. The molecule has 138 valence electrons. The van der Waals surface area contributed by atoms with E-state index in [0.29, 0.717) is 27.8 Å². The molecule has 0 aliphatic carbocycles. The minimum Gasteiger partial charge on any atom is -0.465 e. The third-order valence-corrected chi connectivity index (χ3v) is 4.67. The molecule has 4 rings (SSSR count). The Morgan fingerprint density at radius 3 is 2.57 bits per heavy atom. The van der Waals surface area contributed by atoms with Gasteiger partial charge in [-0.1, -0.05) is 41.0 Å². The van der Waals surface area contributed by atoms with Crippen molar-refractivity contribution in [3.05, 3.63) is 75.8 Å². The number of fused-ring (bicyclic) bond motifs is 1. The van der Waals surface area contributed by atoms with Crippen molar-refractivity contribution < 1.29 is 9.53 Å². The van der Waals surface area contributed by atoms with Gasteiger partial charge in [0.25, 0.3) is 0 Å². The van der Waals surface area contributed by atoms with Gasteiger partial charge in [-0.15, -0.1) is 0 Å². The van der Waals surface area contributed by atoms with E-state index in [4.69, 9.17) is 16.3 Å².